The number of fused-ring (bicyclic) bond motifs is 3. The number of amides is 1. The first-order valence-corrected chi connectivity index (χ1v) is 26.0. The molecule has 3 heterocycles. The Morgan fingerprint density at radius 3 is 1.91 bits per heavy atom. The molecule has 1 amide bonds. The molecule has 2 aliphatic heterocycles. The number of thioether (sulfide) groups is 1. The van der Waals surface area contributed by atoms with Gasteiger partial charge < -0.3 is 15.1 Å². The molecule has 2 atom stereocenters. The molecule has 5 aromatic rings. The molecule has 0 spiro atoms. The summed E-state index contributed by atoms with van der Waals surface area (Å²) < 4.78 is 2.36. The van der Waals surface area contributed by atoms with Crippen molar-refractivity contribution < 1.29 is 24.6 Å². The maximum absolute atomic E-state index is 14.0. The van der Waals surface area contributed by atoms with Crippen molar-refractivity contribution in [2.45, 2.75) is 121 Å². The fourth-order valence-corrected chi connectivity index (χ4v) is 12.5. The van der Waals surface area contributed by atoms with Gasteiger partial charge >= 0.3 is 11.9 Å². The Morgan fingerprint density at radius 2 is 1.30 bits per heavy atom. The van der Waals surface area contributed by atoms with Gasteiger partial charge in [0, 0.05) is 36.3 Å². The Bertz CT molecular complexity index is 2740. The third-order valence-electron chi connectivity index (χ3n) is 13.2. The van der Waals surface area contributed by atoms with Gasteiger partial charge in [-0.3, -0.25) is 28.6 Å². The van der Waals surface area contributed by atoms with Crippen LogP contribution in [0.5, 0.6) is 0 Å². The Morgan fingerprint density at radius 1 is 0.701 bits per heavy atom. The van der Waals surface area contributed by atoms with Crippen LogP contribution in [0.3, 0.4) is 0 Å². The standard InChI is InChI=1S/C55H59N3O6S3/c59-49(60)26-17-9-7-5-3-1-2-4-6-8-10-18-33-56-53(64)51(67-55(56)65)54-57(37-50(61)62)52(63)48(66-54)36-39-29-32-47-45(35-39)43-24-19-25-46(43)58(47)42-30-27-38(28-31-42)34-44(40-20-13-11-14-21-40)41-22-15-12-16-23-41/h11-16,20-23,27-32,34-36,43,46H,1-10,17-19,24-26,33,37H2,(H,59,60)(H,61,62)/b48-36-,54-51+. The third kappa shape index (κ3) is 11.8. The van der Waals surface area contributed by atoms with Crippen molar-refractivity contribution >= 4 is 91.5 Å². The molecule has 8 rings (SSSR count). The Kier molecular flexibility index (Phi) is 16.4. The second kappa shape index (κ2) is 23.0. The normalized spacial score (nSPS) is 17.6. The Hall–Kier alpha value is -5.56. The van der Waals surface area contributed by atoms with Gasteiger partial charge in [0.15, 0.2) is 0 Å². The highest BCUT2D eigenvalue weighted by Crippen LogP contribution is 2.52. The highest BCUT2D eigenvalue weighted by atomic mass is 32.2. The molecule has 67 heavy (non-hydrogen) atoms. The van der Waals surface area contributed by atoms with Crippen LogP contribution in [0.1, 0.15) is 136 Å². The first kappa shape index (κ1) is 47.9. The largest absolute Gasteiger partial charge is 0.481 e. The van der Waals surface area contributed by atoms with E-state index in [1.165, 1.54) is 58.2 Å². The van der Waals surface area contributed by atoms with Crippen LogP contribution >= 0.6 is 35.3 Å². The Balaban J connectivity index is 0.945. The molecule has 2 N–H and O–H groups in total. The van der Waals surface area contributed by atoms with E-state index in [2.05, 4.69) is 95.9 Å². The van der Waals surface area contributed by atoms with Crippen molar-refractivity contribution in [1.82, 2.24) is 9.47 Å². The van der Waals surface area contributed by atoms with Gasteiger partial charge in [0.05, 0.1) is 4.53 Å². The highest BCUT2D eigenvalue weighted by molar-refractivity contribution is 8.30. The summed E-state index contributed by atoms with van der Waals surface area (Å²) in [6.45, 7) is -0.0603. The summed E-state index contributed by atoms with van der Waals surface area (Å²) in [4.78, 5) is 54.9. The van der Waals surface area contributed by atoms with E-state index in [0.717, 1.165) is 111 Å². The number of anilines is 2. The zero-order valence-electron chi connectivity index (χ0n) is 37.9. The maximum atomic E-state index is 14.0. The minimum Gasteiger partial charge on any atom is -0.481 e. The van der Waals surface area contributed by atoms with E-state index in [1.807, 2.05) is 24.3 Å². The van der Waals surface area contributed by atoms with Crippen LogP contribution in [0.25, 0.3) is 22.6 Å². The minimum atomic E-state index is -1.15. The molecular formula is C55H59N3O6S3. The van der Waals surface area contributed by atoms with Crippen LogP contribution in [-0.2, 0) is 20.9 Å². The second-order valence-corrected chi connectivity index (χ2v) is 20.6. The second-order valence-electron chi connectivity index (χ2n) is 17.9. The number of benzene rings is 4. The number of carboxylic acids is 2. The summed E-state index contributed by atoms with van der Waals surface area (Å²) in [5.74, 6) is -1.78. The lowest BCUT2D eigenvalue weighted by Gasteiger charge is -2.27. The van der Waals surface area contributed by atoms with E-state index in [1.54, 1.807) is 4.90 Å². The van der Waals surface area contributed by atoms with Crippen LogP contribution in [0.4, 0.5) is 11.4 Å². The topological polar surface area (TPSA) is 120 Å². The number of aliphatic carboxylic acids is 2. The molecular weight excluding hydrogens is 895 g/mol. The van der Waals surface area contributed by atoms with Gasteiger partial charge in [0.1, 0.15) is 20.4 Å². The van der Waals surface area contributed by atoms with Gasteiger partial charge in [-0.25, -0.2) is 0 Å². The van der Waals surface area contributed by atoms with Crippen molar-refractivity contribution in [3.05, 3.63) is 150 Å². The first-order chi connectivity index (χ1) is 32.7. The number of aromatic nitrogens is 1. The van der Waals surface area contributed by atoms with E-state index in [0.29, 0.717) is 36.9 Å². The fourth-order valence-electron chi connectivity index (χ4n) is 9.92. The molecule has 348 valence electrons. The van der Waals surface area contributed by atoms with Gasteiger partial charge in [-0.2, -0.15) is 0 Å². The summed E-state index contributed by atoms with van der Waals surface area (Å²) in [6.07, 6.45) is 20.5. The number of thiocarbonyl (C=S) groups is 1. The smallest absolute Gasteiger partial charge is 0.323 e. The SMILES string of the molecule is O=C(O)CCCCCCCCCCCCCCN1C(=O)/C(=c2\s/c(=C\c3ccc4c(c3)C3CCCC3N4c3ccc(C=C(c4ccccc4)c4ccccc4)cc3)c(=O)n2CC(=O)O)SC1=S. The summed E-state index contributed by atoms with van der Waals surface area (Å²) in [6, 6.07) is 36.5. The van der Waals surface area contributed by atoms with Crippen molar-refractivity contribution in [3.8, 4) is 0 Å². The number of hydrogen-bond acceptors (Lipinski definition) is 8. The van der Waals surface area contributed by atoms with Crippen LogP contribution in [0.15, 0.2) is 108 Å². The number of rotatable bonds is 22. The van der Waals surface area contributed by atoms with Gasteiger partial charge in [0.2, 0.25) is 0 Å². The van der Waals surface area contributed by atoms with E-state index >= 15 is 0 Å². The van der Waals surface area contributed by atoms with E-state index in [-0.39, 0.29) is 12.3 Å². The molecule has 1 aliphatic carbocycles. The lowest BCUT2D eigenvalue weighted by Crippen LogP contribution is -2.35. The summed E-state index contributed by atoms with van der Waals surface area (Å²) in [7, 11) is 0. The molecule has 0 radical (unpaired) electrons. The van der Waals surface area contributed by atoms with Crippen molar-refractivity contribution in [1.29, 1.82) is 0 Å². The van der Waals surface area contributed by atoms with E-state index in [9.17, 15) is 24.3 Å². The molecule has 9 nitrogen and oxygen atoms in total. The zero-order valence-corrected chi connectivity index (χ0v) is 40.4. The predicted octanol–water partition coefficient (Wildman–Crippen LogP) is 11.3. The molecule has 1 saturated heterocycles. The van der Waals surface area contributed by atoms with Gasteiger partial charge in [-0.15, -0.1) is 11.3 Å². The van der Waals surface area contributed by atoms with Gasteiger partial charge in [-0.1, -0.05) is 173 Å². The maximum Gasteiger partial charge on any atom is 0.323 e. The number of thiazole rings is 1. The van der Waals surface area contributed by atoms with Crippen LogP contribution in [-0.4, -0.2) is 54.4 Å². The molecule has 3 aliphatic rings. The Labute approximate surface area is 406 Å². The average molecular weight is 954 g/mol. The van der Waals surface area contributed by atoms with E-state index < -0.39 is 24.0 Å². The summed E-state index contributed by atoms with van der Waals surface area (Å²) in [5, 5.41) is 18.6. The third-order valence-corrected chi connectivity index (χ3v) is 15.9. The van der Waals surface area contributed by atoms with Crippen molar-refractivity contribution in [2.75, 3.05) is 11.4 Å². The van der Waals surface area contributed by atoms with Crippen LogP contribution in [0.2, 0.25) is 0 Å². The monoisotopic (exact) mass is 953 g/mol. The molecule has 1 saturated carbocycles. The lowest BCUT2D eigenvalue weighted by molar-refractivity contribution is -0.138. The fraction of sp³-hybridized carbons (Fsp3) is 0.364. The summed E-state index contributed by atoms with van der Waals surface area (Å²) in [5.41, 5.74) is 8.64. The van der Waals surface area contributed by atoms with Crippen molar-refractivity contribution in [3.63, 3.8) is 0 Å². The average Bonchev–Trinajstić information content (AvgIpc) is 4.08. The van der Waals surface area contributed by atoms with Gasteiger partial charge in [0.25, 0.3) is 11.5 Å². The zero-order chi connectivity index (χ0) is 46.7. The van der Waals surface area contributed by atoms with Crippen LogP contribution in [0, 0.1) is 0 Å². The lowest BCUT2D eigenvalue weighted by atomic mass is 9.95. The molecule has 12 heteroatoms. The quantitative estimate of drug-likeness (QED) is 0.0397. The number of carbonyl (C=O) groups is 3. The molecule has 0 bridgehead atoms. The number of nitrogens with zero attached hydrogens (tertiary/aromatic N) is 3. The van der Waals surface area contributed by atoms with Crippen LogP contribution < -0.4 is 19.7 Å². The number of unbranched alkanes of at least 4 members (excludes halogenated alkanes) is 11. The minimum absolute atomic E-state index is 0.265. The molecule has 1 aromatic heterocycles. The first-order valence-electron chi connectivity index (χ1n) is 23.9. The number of carbonyl (C=O) groups excluding carboxylic acids is 1. The highest BCUT2D eigenvalue weighted by Gasteiger charge is 2.42. The summed E-state index contributed by atoms with van der Waals surface area (Å²) >= 11 is 7.98. The molecule has 2 fully saturated rings. The number of carboxylic acid groups (broad SMARTS) is 2. The number of hydrogen-bond donors (Lipinski definition) is 2. The van der Waals surface area contributed by atoms with Gasteiger partial charge in [-0.05, 0) is 95.5 Å². The van der Waals surface area contributed by atoms with Crippen molar-refractivity contribution in [2.24, 2.45) is 0 Å². The van der Waals surface area contributed by atoms with E-state index in [4.69, 9.17) is 17.3 Å². The molecule has 2 unspecified atom stereocenters. The predicted molar refractivity (Wildman–Crippen MR) is 277 cm³/mol. The molecule has 4 aromatic carbocycles.